The van der Waals surface area contributed by atoms with Gasteiger partial charge >= 0.3 is 31.1 Å². The van der Waals surface area contributed by atoms with Crippen LogP contribution in [0.3, 0.4) is 0 Å². The van der Waals surface area contributed by atoms with Crippen molar-refractivity contribution in [2.45, 2.75) is 47.9 Å². The third-order valence-electron chi connectivity index (χ3n) is 3.66. The fourth-order valence-electron chi connectivity index (χ4n) is 1.35. The molecule has 0 aromatic heterocycles. The smallest absolute Gasteiger partial charge is 0.540 e. The van der Waals surface area contributed by atoms with Crippen molar-refractivity contribution in [3.63, 3.8) is 0 Å². The summed E-state index contributed by atoms with van der Waals surface area (Å²) in [6.45, 7) is 11.0. The molecule has 0 heterocycles. The molecule has 0 radical (unpaired) electrons. The Labute approximate surface area is 206 Å². The second-order valence-electron chi connectivity index (χ2n) is 6.30. The first-order valence-electron chi connectivity index (χ1n) is 9.22. The topological polar surface area (TPSA) is 180 Å². The Kier molecular flexibility index (Phi) is 18.2. The van der Waals surface area contributed by atoms with Crippen molar-refractivity contribution in [2.24, 2.45) is 48.3 Å². The van der Waals surface area contributed by atoms with Crippen LogP contribution in [0.2, 0.25) is 6.32 Å². The third-order valence-corrected chi connectivity index (χ3v) is 3.66. The number of halogens is 4. The van der Waals surface area contributed by atoms with Crippen LogP contribution in [0.1, 0.15) is 41.5 Å². The number of oxime groups is 3. The molecule has 0 saturated carbocycles. The monoisotopic (exact) mass is 537 g/mol. The van der Waals surface area contributed by atoms with E-state index in [1.165, 1.54) is 6.08 Å². The van der Waals surface area contributed by atoms with E-state index in [9.17, 15) is 17.3 Å². The van der Waals surface area contributed by atoms with Crippen LogP contribution in [0.4, 0.5) is 17.3 Å². The largest absolute Gasteiger partial charge is 2.00 e. The molecule has 0 aromatic carbocycles. The summed E-state index contributed by atoms with van der Waals surface area (Å²) >= 11 is 0. The molecule has 19 heteroatoms. The van der Waals surface area contributed by atoms with E-state index < -0.39 is 14.0 Å². The van der Waals surface area contributed by atoms with Gasteiger partial charge in [-0.3, -0.25) is 0 Å². The van der Waals surface area contributed by atoms with Gasteiger partial charge in [0.15, 0.2) is 0 Å². The maximum Gasteiger partial charge on any atom is 2.00 e. The first kappa shape index (κ1) is 35.5. The second kappa shape index (κ2) is 17.4. The minimum absolute atomic E-state index is 0. The third kappa shape index (κ3) is 16.5. The van der Waals surface area contributed by atoms with Gasteiger partial charge in [0.25, 0.3) is 0 Å². The maximum atomic E-state index is 9.75. The molecule has 34 heavy (non-hydrogen) atoms. The van der Waals surface area contributed by atoms with Crippen LogP contribution in [0, 0.1) is 0 Å². The molecule has 6 N–H and O–H groups in total. The van der Waals surface area contributed by atoms with Gasteiger partial charge < -0.3 is 49.1 Å². The molecule has 0 spiro atoms. The molecule has 0 amide bonds. The minimum Gasteiger partial charge on any atom is -0.540 e. The molecule has 0 bridgehead atoms. The number of allylic oxidation sites excluding steroid dienone is 1. The van der Waals surface area contributed by atoms with E-state index in [4.69, 9.17) is 31.8 Å². The van der Waals surface area contributed by atoms with Crippen molar-refractivity contribution in [3.05, 3.63) is 12.7 Å². The fraction of sp³-hybridized carbons (Fsp3) is 0.467. The summed E-state index contributed by atoms with van der Waals surface area (Å²) in [6, 6.07) is 0. The summed E-state index contributed by atoms with van der Waals surface area (Å²) in [5.41, 5.74) is 2.60. The van der Waals surface area contributed by atoms with E-state index in [2.05, 4.69) is 37.4 Å². The molecule has 0 unspecified atom stereocenters. The first-order chi connectivity index (χ1) is 15.2. The van der Waals surface area contributed by atoms with Gasteiger partial charge in [0.1, 0.15) is 0 Å². The van der Waals surface area contributed by atoms with E-state index in [1.54, 1.807) is 41.5 Å². The van der Waals surface area contributed by atoms with Gasteiger partial charge in [-0.1, -0.05) is 0 Å². The van der Waals surface area contributed by atoms with Gasteiger partial charge in [-0.25, -0.2) is 0 Å². The molecule has 0 fully saturated rings. The summed E-state index contributed by atoms with van der Waals surface area (Å²) in [5, 5.41) is 22.5. The standard InChI is InChI=1S/C15H29BN9O3.BF4.Fe/c1-8-9-16(26-23-13(5)10(2)20-17,27-24-14(6)11(3)21-18)28-25-15(7)12(4)22-19;2-1(3,4)5;/h8H,1,9,17-19H2,2-7H3;;/q2*-1;+2/b20-10+,21-11+,22-12+,23-13+,24-14+,25-15+;;. The van der Waals surface area contributed by atoms with E-state index >= 15 is 0 Å². The zero-order valence-electron chi connectivity index (χ0n) is 19.7. The van der Waals surface area contributed by atoms with Crippen molar-refractivity contribution < 1.29 is 48.6 Å². The maximum absolute atomic E-state index is 9.75. The van der Waals surface area contributed by atoms with Crippen molar-refractivity contribution >= 4 is 48.3 Å². The van der Waals surface area contributed by atoms with E-state index in [-0.39, 0.29) is 23.4 Å². The number of hydrazone groups is 3. The molecule has 0 aliphatic rings. The fourth-order valence-corrected chi connectivity index (χ4v) is 1.35. The van der Waals surface area contributed by atoms with Crippen molar-refractivity contribution in [1.29, 1.82) is 0 Å². The zero-order chi connectivity index (χ0) is 26.2. The minimum atomic E-state index is -6.00. The zero-order valence-corrected chi connectivity index (χ0v) is 20.8. The Morgan fingerprint density at radius 3 is 1.09 bits per heavy atom. The molecular formula is C15H29B2F4FeN9O3. The molecule has 0 atom stereocenters. The number of hydrogen-bond acceptors (Lipinski definition) is 12. The quantitative estimate of drug-likeness (QED) is 0.0911. The van der Waals surface area contributed by atoms with Crippen molar-refractivity contribution in [2.75, 3.05) is 0 Å². The second-order valence-corrected chi connectivity index (χ2v) is 6.30. The average Bonchev–Trinajstić information content (AvgIpc) is 2.76. The Morgan fingerprint density at radius 2 is 0.912 bits per heavy atom. The predicted octanol–water partition coefficient (Wildman–Crippen LogP) is 2.59. The van der Waals surface area contributed by atoms with Crippen LogP contribution < -0.4 is 17.5 Å². The Balaban J connectivity index is -0.00000144. The van der Waals surface area contributed by atoms with Gasteiger partial charge in [0.05, 0.1) is 34.3 Å². The number of hydrogen-bond donors (Lipinski definition) is 3. The van der Waals surface area contributed by atoms with Crippen LogP contribution >= 0.6 is 0 Å². The average molecular weight is 537 g/mol. The SMILES string of the molecule is C=CC[B-](O/N=C(C)/C(C)=N/N)(O/N=C(C)/C(C)=N/N)O/N=C(C)/C(C)=N/N.F[B-](F)(F)F.[Fe+2]. The van der Waals surface area contributed by atoms with Crippen LogP contribution in [0.25, 0.3) is 0 Å². The number of rotatable bonds is 11. The Hall–Kier alpha value is -3.07. The van der Waals surface area contributed by atoms with Crippen molar-refractivity contribution in [3.8, 4) is 0 Å². The predicted molar refractivity (Wildman–Crippen MR) is 125 cm³/mol. The molecular weight excluding hydrogens is 508 g/mol. The van der Waals surface area contributed by atoms with Gasteiger partial charge in [-0.05, 0) is 47.9 Å². The molecule has 0 aliphatic heterocycles. The number of nitrogens with two attached hydrogens (primary N) is 3. The van der Waals surface area contributed by atoms with Crippen molar-refractivity contribution in [1.82, 2.24) is 0 Å². The molecule has 0 saturated heterocycles. The Bertz CT molecular complexity index is 740. The van der Waals surface area contributed by atoms with Gasteiger partial charge in [-0.2, -0.15) is 15.3 Å². The van der Waals surface area contributed by atoms with Gasteiger partial charge in [0, 0.05) is 0 Å². The normalized spacial score (nSPS) is 14.4. The van der Waals surface area contributed by atoms with E-state index in [0.29, 0.717) is 34.3 Å². The van der Waals surface area contributed by atoms with Crippen LogP contribution in [-0.4, -0.2) is 48.3 Å². The molecule has 194 valence electrons. The van der Waals surface area contributed by atoms with Crippen LogP contribution in [-0.2, 0) is 31.3 Å². The van der Waals surface area contributed by atoms with Gasteiger partial charge in [-0.15, -0.1) is 28.1 Å². The summed E-state index contributed by atoms with van der Waals surface area (Å²) in [4.78, 5) is 0. The summed E-state index contributed by atoms with van der Waals surface area (Å²) in [6.07, 6.45) is 1.58. The van der Waals surface area contributed by atoms with Crippen LogP contribution in [0.15, 0.2) is 43.4 Å². The summed E-state index contributed by atoms with van der Waals surface area (Å²) < 4.78 is 55.6. The Morgan fingerprint density at radius 1 is 0.676 bits per heavy atom. The molecule has 0 rings (SSSR count). The van der Waals surface area contributed by atoms with E-state index in [0.717, 1.165) is 0 Å². The van der Waals surface area contributed by atoms with E-state index in [1.807, 2.05) is 0 Å². The molecule has 12 nitrogen and oxygen atoms in total. The number of nitrogens with zero attached hydrogens (tertiary/aromatic N) is 6. The summed E-state index contributed by atoms with van der Waals surface area (Å²) in [7, 11) is -6.00. The molecule has 0 aromatic rings. The summed E-state index contributed by atoms with van der Waals surface area (Å²) in [5.74, 6) is 15.7. The van der Waals surface area contributed by atoms with Crippen LogP contribution in [0.5, 0.6) is 0 Å². The first-order valence-corrected chi connectivity index (χ1v) is 9.22. The van der Waals surface area contributed by atoms with Gasteiger partial charge in [0.2, 0.25) is 0 Å². The molecule has 0 aliphatic carbocycles.